The van der Waals surface area contributed by atoms with Crippen LogP contribution in [0, 0.1) is 19.7 Å². The van der Waals surface area contributed by atoms with E-state index in [1.54, 1.807) is 24.5 Å². The van der Waals surface area contributed by atoms with Crippen LogP contribution < -0.4 is 0 Å². The SMILES string of the molecule is Cc1cc(C(=O)COC(=O)C[C@@](O)(c2ccco2)C(F)(F)F)c(C)n1-c1cccc(F)c1. The molecule has 170 valence electrons. The molecule has 0 radical (unpaired) electrons. The molecule has 2 aromatic heterocycles. The summed E-state index contributed by atoms with van der Waals surface area (Å²) in [6, 6.07) is 9.22. The summed E-state index contributed by atoms with van der Waals surface area (Å²) < 4.78 is 64.6. The van der Waals surface area contributed by atoms with Gasteiger partial charge in [0.25, 0.3) is 0 Å². The number of halogens is 4. The van der Waals surface area contributed by atoms with E-state index in [-0.39, 0.29) is 5.56 Å². The van der Waals surface area contributed by atoms with Crippen molar-refractivity contribution in [2.75, 3.05) is 6.61 Å². The molecule has 1 atom stereocenters. The highest BCUT2D eigenvalue weighted by Gasteiger charge is 2.58. The van der Waals surface area contributed by atoms with E-state index >= 15 is 0 Å². The van der Waals surface area contributed by atoms with Gasteiger partial charge in [-0.15, -0.1) is 0 Å². The molecule has 2 heterocycles. The normalized spacial score (nSPS) is 13.6. The van der Waals surface area contributed by atoms with Gasteiger partial charge in [0.2, 0.25) is 11.4 Å². The van der Waals surface area contributed by atoms with E-state index < -0.39 is 48.1 Å². The van der Waals surface area contributed by atoms with Gasteiger partial charge in [0.1, 0.15) is 11.6 Å². The van der Waals surface area contributed by atoms with Gasteiger partial charge in [0.05, 0.1) is 12.7 Å². The summed E-state index contributed by atoms with van der Waals surface area (Å²) in [6.45, 7) is 2.46. The molecule has 3 aromatic rings. The highest BCUT2D eigenvalue weighted by molar-refractivity contribution is 5.99. The van der Waals surface area contributed by atoms with Gasteiger partial charge in [-0.2, -0.15) is 13.2 Å². The molecule has 0 spiro atoms. The first-order chi connectivity index (χ1) is 14.9. The minimum Gasteiger partial charge on any atom is -0.466 e. The molecular formula is C22H19F4NO5. The van der Waals surface area contributed by atoms with Gasteiger partial charge in [0, 0.05) is 22.6 Å². The minimum atomic E-state index is -5.22. The number of aliphatic hydroxyl groups is 1. The Kier molecular flexibility index (Phi) is 6.27. The fraction of sp³-hybridized carbons (Fsp3) is 0.273. The van der Waals surface area contributed by atoms with Crippen LogP contribution in [0.15, 0.2) is 53.1 Å². The molecule has 0 aliphatic heterocycles. The first-order valence-corrected chi connectivity index (χ1v) is 9.41. The number of carbonyl (C=O) groups excluding carboxylic acids is 2. The Labute approximate surface area is 180 Å². The van der Waals surface area contributed by atoms with E-state index in [0.717, 1.165) is 18.4 Å². The number of ketones is 1. The van der Waals surface area contributed by atoms with Crippen LogP contribution in [0.5, 0.6) is 0 Å². The molecule has 0 aliphatic carbocycles. The Hall–Kier alpha value is -3.40. The number of alkyl halides is 3. The maximum absolute atomic E-state index is 13.6. The number of hydrogen-bond donors (Lipinski definition) is 1. The number of aromatic nitrogens is 1. The lowest BCUT2D eigenvalue weighted by molar-refractivity contribution is -0.275. The quantitative estimate of drug-likeness (QED) is 0.326. The number of benzene rings is 1. The monoisotopic (exact) mass is 453 g/mol. The van der Waals surface area contributed by atoms with Gasteiger partial charge < -0.3 is 18.8 Å². The highest BCUT2D eigenvalue weighted by atomic mass is 19.4. The van der Waals surface area contributed by atoms with Gasteiger partial charge in [-0.3, -0.25) is 9.59 Å². The van der Waals surface area contributed by atoms with E-state index in [9.17, 15) is 32.3 Å². The fourth-order valence-electron chi connectivity index (χ4n) is 3.38. The molecular weight excluding hydrogens is 434 g/mol. The van der Waals surface area contributed by atoms with Crippen molar-refractivity contribution in [2.45, 2.75) is 32.0 Å². The second-order valence-corrected chi connectivity index (χ2v) is 7.20. The van der Waals surface area contributed by atoms with E-state index in [1.807, 2.05) is 0 Å². The molecule has 6 nitrogen and oxygen atoms in total. The number of Topliss-reactive ketones (excluding diaryl/α,β-unsaturated/α-hetero) is 1. The van der Waals surface area contributed by atoms with Crippen molar-refractivity contribution in [2.24, 2.45) is 0 Å². The average molecular weight is 453 g/mol. The van der Waals surface area contributed by atoms with Crippen molar-refractivity contribution in [3.63, 3.8) is 0 Å². The molecule has 0 unspecified atom stereocenters. The smallest absolute Gasteiger partial charge is 0.425 e. The van der Waals surface area contributed by atoms with E-state index in [1.165, 1.54) is 24.3 Å². The van der Waals surface area contributed by atoms with Crippen LogP contribution >= 0.6 is 0 Å². The molecule has 0 fully saturated rings. The van der Waals surface area contributed by atoms with Crippen LogP contribution in [0.2, 0.25) is 0 Å². The van der Waals surface area contributed by atoms with E-state index in [2.05, 4.69) is 4.42 Å². The lowest BCUT2D eigenvalue weighted by Crippen LogP contribution is -2.44. The number of carbonyl (C=O) groups is 2. The molecule has 0 bridgehead atoms. The molecule has 32 heavy (non-hydrogen) atoms. The predicted molar refractivity (Wildman–Crippen MR) is 104 cm³/mol. The molecule has 0 saturated carbocycles. The van der Waals surface area contributed by atoms with Gasteiger partial charge >= 0.3 is 12.1 Å². The lowest BCUT2D eigenvalue weighted by atomic mass is 9.96. The highest BCUT2D eigenvalue weighted by Crippen LogP contribution is 2.42. The Morgan fingerprint density at radius 3 is 2.44 bits per heavy atom. The number of furan rings is 1. The Balaban J connectivity index is 1.73. The standard InChI is InChI=1S/C22H19F4NO5/c1-13-9-17(14(2)27(13)16-6-3-5-15(23)10-16)18(28)12-32-20(29)11-21(30,22(24,25)26)19-7-4-8-31-19/h3-10,30H,11-12H2,1-2H3/t21-/m1/s1. The van der Waals surface area contributed by atoms with Crippen molar-refractivity contribution in [3.8, 4) is 5.69 Å². The van der Waals surface area contributed by atoms with Crippen molar-refractivity contribution in [3.05, 3.63) is 77.3 Å². The maximum Gasteiger partial charge on any atom is 0.425 e. The lowest BCUT2D eigenvalue weighted by Gasteiger charge is -2.27. The summed E-state index contributed by atoms with van der Waals surface area (Å²) in [7, 11) is 0. The maximum atomic E-state index is 13.6. The third kappa shape index (κ3) is 4.45. The number of ether oxygens (including phenoxy) is 1. The zero-order valence-corrected chi connectivity index (χ0v) is 17.1. The van der Waals surface area contributed by atoms with Crippen LogP contribution in [0.1, 0.15) is 33.9 Å². The Bertz CT molecular complexity index is 1130. The van der Waals surface area contributed by atoms with Gasteiger partial charge in [-0.05, 0) is 50.2 Å². The van der Waals surface area contributed by atoms with Crippen LogP contribution in [0.3, 0.4) is 0 Å². The Morgan fingerprint density at radius 1 is 1.12 bits per heavy atom. The molecule has 0 amide bonds. The predicted octanol–water partition coefficient (Wildman–Crippen LogP) is 4.39. The molecule has 3 rings (SSSR count). The van der Waals surface area contributed by atoms with Gasteiger partial charge in [-0.1, -0.05) is 6.07 Å². The van der Waals surface area contributed by atoms with Crippen LogP contribution in [-0.4, -0.2) is 34.2 Å². The molecule has 1 N–H and O–H groups in total. The second-order valence-electron chi connectivity index (χ2n) is 7.20. The third-order valence-electron chi connectivity index (χ3n) is 4.96. The minimum absolute atomic E-state index is 0.164. The zero-order valence-electron chi connectivity index (χ0n) is 17.1. The second kappa shape index (κ2) is 8.62. The number of esters is 1. The summed E-state index contributed by atoms with van der Waals surface area (Å²) in [5.74, 6) is -3.44. The number of nitrogens with zero attached hydrogens (tertiary/aromatic N) is 1. The first-order valence-electron chi connectivity index (χ1n) is 9.41. The van der Waals surface area contributed by atoms with Crippen molar-refractivity contribution < 1.29 is 41.4 Å². The summed E-state index contributed by atoms with van der Waals surface area (Å²) >= 11 is 0. The van der Waals surface area contributed by atoms with Crippen molar-refractivity contribution in [1.82, 2.24) is 4.57 Å². The topological polar surface area (TPSA) is 81.7 Å². The largest absolute Gasteiger partial charge is 0.466 e. The summed E-state index contributed by atoms with van der Waals surface area (Å²) in [5.41, 5.74) is -1.91. The average Bonchev–Trinajstić information content (AvgIpc) is 3.34. The molecule has 10 heteroatoms. The fourth-order valence-corrected chi connectivity index (χ4v) is 3.38. The first kappa shape index (κ1) is 23.3. The zero-order chi connectivity index (χ0) is 23.7. The van der Waals surface area contributed by atoms with Crippen molar-refractivity contribution >= 4 is 11.8 Å². The Morgan fingerprint density at radius 2 is 1.84 bits per heavy atom. The summed E-state index contributed by atoms with van der Waals surface area (Å²) in [5, 5.41) is 10.1. The van der Waals surface area contributed by atoms with Gasteiger partial charge in [-0.25, -0.2) is 4.39 Å². The van der Waals surface area contributed by atoms with E-state index in [4.69, 9.17) is 4.74 Å². The number of aryl methyl sites for hydroxylation is 1. The van der Waals surface area contributed by atoms with Crippen LogP contribution in [0.4, 0.5) is 17.6 Å². The molecule has 0 saturated heterocycles. The summed E-state index contributed by atoms with van der Waals surface area (Å²) in [4.78, 5) is 24.6. The molecule has 1 aromatic carbocycles. The summed E-state index contributed by atoms with van der Waals surface area (Å²) in [6.07, 6.45) is -5.78. The number of hydrogen-bond acceptors (Lipinski definition) is 5. The van der Waals surface area contributed by atoms with Crippen molar-refractivity contribution in [1.29, 1.82) is 0 Å². The third-order valence-corrected chi connectivity index (χ3v) is 4.96. The van der Waals surface area contributed by atoms with Crippen LogP contribution in [0.25, 0.3) is 5.69 Å². The van der Waals surface area contributed by atoms with E-state index in [0.29, 0.717) is 17.1 Å². The number of rotatable bonds is 7. The van der Waals surface area contributed by atoms with Gasteiger partial charge in [0.15, 0.2) is 6.61 Å². The van der Waals surface area contributed by atoms with Crippen LogP contribution in [-0.2, 0) is 15.1 Å². The molecule has 0 aliphatic rings.